The molecule has 1 fully saturated rings. The summed E-state index contributed by atoms with van der Waals surface area (Å²) in [5.74, 6) is -1.18. The van der Waals surface area contributed by atoms with Gasteiger partial charge in [-0.25, -0.2) is 4.79 Å². The molecule has 1 atom stereocenters. The third-order valence-corrected chi connectivity index (χ3v) is 8.12. The molecule has 8 heteroatoms. The first-order valence-corrected chi connectivity index (χ1v) is 14.3. The number of likely N-dealkylation sites (tertiary alicyclic amines) is 1. The van der Waals surface area contributed by atoms with Gasteiger partial charge < -0.3 is 20.5 Å². The lowest BCUT2D eigenvalue weighted by Crippen LogP contribution is -2.49. The fraction of sp³-hybridized carbons (Fsp3) is 0.364. The minimum absolute atomic E-state index is 0.0130. The highest BCUT2D eigenvalue weighted by Gasteiger charge is 2.30. The van der Waals surface area contributed by atoms with E-state index in [0.717, 1.165) is 54.7 Å². The molecule has 0 spiro atoms. The Morgan fingerprint density at radius 2 is 1.49 bits per heavy atom. The van der Waals surface area contributed by atoms with Crippen molar-refractivity contribution >= 4 is 18.0 Å². The number of hydrogen-bond donors (Lipinski definition) is 3. The average molecular weight is 556 g/mol. The Morgan fingerprint density at radius 3 is 2.12 bits per heavy atom. The molecule has 1 saturated heterocycles. The van der Waals surface area contributed by atoms with Crippen LogP contribution in [0.2, 0.25) is 0 Å². The third kappa shape index (κ3) is 7.32. The van der Waals surface area contributed by atoms with Crippen LogP contribution in [-0.2, 0) is 20.9 Å². The van der Waals surface area contributed by atoms with Gasteiger partial charge >= 0.3 is 12.1 Å². The average Bonchev–Trinajstić information content (AvgIpc) is 3.31. The van der Waals surface area contributed by atoms with Crippen molar-refractivity contribution in [3.05, 3.63) is 95.6 Å². The number of hydrogen-bond acceptors (Lipinski definition) is 5. The lowest BCUT2D eigenvalue weighted by atomic mass is 9.96. The van der Waals surface area contributed by atoms with Crippen molar-refractivity contribution in [3.8, 4) is 11.1 Å². The van der Waals surface area contributed by atoms with Crippen LogP contribution in [-0.4, -0.2) is 60.3 Å². The van der Waals surface area contributed by atoms with Crippen molar-refractivity contribution < 1.29 is 24.2 Å². The van der Waals surface area contributed by atoms with Crippen molar-refractivity contribution in [2.75, 3.05) is 26.2 Å². The Hall–Kier alpha value is -4.17. The molecule has 1 unspecified atom stereocenters. The summed E-state index contributed by atoms with van der Waals surface area (Å²) in [4.78, 5) is 39.5. The lowest BCUT2D eigenvalue weighted by molar-refractivity contribution is -0.137. The summed E-state index contributed by atoms with van der Waals surface area (Å²) >= 11 is 0. The molecular formula is C33H37N3O5. The molecule has 0 bridgehead atoms. The van der Waals surface area contributed by atoms with Gasteiger partial charge in [-0.1, -0.05) is 78.9 Å². The Morgan fingerprint density at radius 1 is 0.878 bits per heavy atom. The highest BCUT2D eigenvalue weighted by molar-refractivity contribution is 5.86. The molecular weight excluding hydrogens is 518 g/mol. The first kappa shape index (κ1) is 28.4. The van der Waals surface area contributed by atoms with Gasteiger partial charge in [0, 0.05) is 25.4 Å². The molecule has 3 N–H and O–H groups in total. The highest BCUT2D eigenvalue weighted by atomic mass is 16.5. The van der Waals surface area contributed by atoms with E-state index in [2.05, 4.69) is 51.9 Å². The first-order chi connectivity index (χ1) is 20.0. The van der Waals surface area contributed by atoms with E-state index in [1.807, 2.05) is 42.5 Å². The van der Waals surface area contributed by atoms with E-state index >= 15 is 0 Å². The maximum Gasteiger partial charge on any atom is 0.407 e. The Bertz CT molecular complexity index is 1310. The Labute approximate surface area is 240 Å². The largest absolute Gasteiger partial charge is 0.481 e. The fourth-order valence-corrected chi connectivity index (χ4v) is 5.88. The summed E-state index contributed by atoms with van der Waals surface area (Å²) in [5.41, 5.74) is 5.73. The molecule has 214 valence electrons. The number of benzene rings is 3. The molecule has 1 aliphatic heterocycles. The summed E-state index contributed by atoms with van der Waals surface area (Å²) in [6.07, 6.45) is 0.951. The van der Waals surface area contributed by atoms with Crippen LogP contribution in [0.4, 0.5) is 4.79 Å². The van der Waals surface area contributed by atoms with E-state index in [1.54, 1.807) is 0 Å². The second kappa shape index (κ2) is 13.5. The number of amides is 2. The molecule has 0 radical (unpaired) electrons. The smallest absolute Gasteiger partial charge is 0.407 e. The second-order valence-corrected chi connectivity index (χ2v) is 10.9. The van der Waals surface area contributed by atoms with E-state index in [9.17, 15) is 19.5 Å². The number of ether oxygens (including phenoxy) is 1. The number of carbonyl (C=O) groups excluding carboxylic acids is 2. The van der Waals surface area contributed by atoms with Gasteiger partial charge in [-0.05, 0) is 66.1 Å². The molecule has 5 rings (SSSR count). The third-order valence-electron chi connectivity index (χ3n) is 8.12. The van der Waals surface area contributed by atoms with E-state index in [-0.39, 0.29) is 31.3 Å². The molecule has 8 nitrogen and oxygen atoms in total. The van der Waals surface area contributed by atoms with Crippen molar-refractivity contribution in [1.29, 1.82) is 0 Å². The van der Waals surface area contributed by atoms with Crippen LogP contribution < -0.4 is 10.6 Å². The van der Waals surface area contributed by atoms with Crippen LogP contribution in [0.1, 0.15) is 48.3 Å². The molecule has 0 aromatic heterocycles. The van der Waals surface area contributed by atoms with Crippen molar-refractivity contribution in [3.63, 3.8) is 0 Å². The van der Waals surface area contributed by atoms with Crippen LogP contribution in [0.25, 0.3) is 11.1 Å². The van der Waals surface area contributed by atoms with Gasteiger partial charge in [0.25, 0.3) is 0 Å². The predicted octanol–water partition coefficient (Wildman–Crippen LogP) is 4.79. The molecule has 3 aromatic carbocycles. The lowest BCUT2D eigenvalue weighted by Gasteiger charge is -2.32. The van der Waals surface area contributed by atoms with Gasteiger partial charge in [-0.15, -0.1) is 0 Å². The van der Waals surface area contributed by atoms with Crippen LogP contribution >= 0.6 is 0 Å². The summed E-state index contributed by atoms with van der Waals surface area (Å²) in [7, 11) is 0. The zero-order chi connectivity index (χ0) is 28.6. The summed E-state index contributed by atoms with van der Waals surface area (Å²) in [6.45, 7) is 3.44. The van der Waals surface area contributed by atoms with Gasteiger partial charge in [-0.2, -0.15) is 0 Å². The number of carboxylic acids is 1. The van der Waals surface area contributed by atoms with E-state index < -0.39 is 18.1 Å². The van der Waals surface area contributed by atoms with Crippen LogP contribution in [0, 0.1) is 5.92 Å². The molecule has 41 heavy (non-hydrogen) atoms. The van der Waals surface area contributed by atoms with E-state index in [1.165, 1.54) is 5.56 Å². The highest BCUT2D eigenvalue weighted by Crippen LogP contribution is 2.44. The number of aliphatic carboxylic acids is 1. The summed E-state index contributed by atoms with van der Waals surface area (Å²) < 4.78 is 5.60. The van der Waals surface area contributed by atoms with E-state index in [0.29, 0.717) is 12.5 Å². The number of fused-ring (bicyclic) bond motifs is 3. The second-order valence-electron chi connectivity index (χ2n) is 10.9. The minimum atomic E-state index is -1.03. The molecule has 2 amide bonds. The maximum atomic E-state index is 13.0. The van der Waals surface area contributed by atoms with Crippen LogP contribution in [0.3, 0.4) is 0 Å². The number of nitrogens with one attached hydrogen (secondary N) is 2. The van der Waals surface area contributed by atoms with Crippen molar-refractivity contribution in [2.24, 2.45) is 5.92 Å². The first-order valence-electron chi connectivity index (χ1n) is 14.3. The summed E-state index contributed by atoms with van der Waals surface area (Å²) in [5, 5.41) is 14.8. The zero-order valence-electron chi connectivity index (χ0n) is 23.1. The van der Waals surface area contributed by atoms with Crippen LogP contribution in [0.15, 0.2) is 78.9 Å². The number of alkyl carbamates (subject to hydrolysis) is 1. The molecule has 3 aromatic rings. The van der Waals surface area contributed by atoms with Crippen LogP contribution in [0.5, 0.6) is 0 Å². The number of piperidine rings is 1. The maximum absolute atomic E-state index is 13.0. The minimum Gasteiger partial charge on any atom is -0.481 e. The SMILES string of the molecule is O=C(O)CCC(NC(=O)OCC1c2ccccc2-c2ccccc21)C(=O)NCC1CCN(Cc2ccccc2)CC1. The molecule has 0 saturated carbocycles. The fourth-order valence-electron chi connectivity index (χ4n) is 5.88. The van der Waals surface area contributed by atoms with Gasteiger partial charge in [-0.3, -0.25) is 14.5 Å². The summed E-state index contributed by atoms with van der Waals surface area (Å²) in [6, 6.07) is 25.5. The quantitative estimate of drug-likeness (QED) is 0.314. The normalized spacial score (nSPS) is 15.9. The van der Waals surface area contributed by atoms with Gasteiger partial charge in [0.05, 0.1) is 0 Å². The van der Waals surface area contributed by atoms with Crippen molar-refractivity contribution in [1.82, 2.24) is 15.5 Å². The zero-order valence-corrected chi connectivity index (χ0v) is 23.1. The van der Waals surface area contributed by atoms with Gasteiger partial charge in [0.15, 0.2) is 0 Å². The van der Waals surface area contributed by atoms with Crippen molar-refractivity contribution in [2.45, 2.75) is 44.2 Å². The topological polar surface area (TPSA) is 108 Å². The standard InChI is InChI=1S/C33H37N3O5/c37-31(38)15-14-30(32(39)34-20-23-16-18-36(19-17-23)21-24-8-2-1-3-9-24)35-33(40)41-22-29-27-12-6-4-10-25(27)26-11-5-7-13-28(26)29/h1-13,23,29-30H,14-22H2,(H,34,39)(H,35,40)(H,37,38). The van der Waals surface area contributed by atoms with Gasteiger partial charge in [0.2, 0.25) is 5.91 Å². The predicted molar refractivity (Wildman–Crippen MR) is 156 cm³/mol. The van der Waals surface area contributed by atoms with E-state index in [4.69, 9.17) is 4.74 Å². The number of carbonyl (C=O) groups is 3. The monoisotopic (exact) mass is 555 g/mol. The van der Waals surface area contributed by atoms with Gasteiger partial charge in [0.1, 0.15) is 12.6 Å². The number of rotatable bonds is 11. The Kier molecular flexibility index (Phi) is 9.31. The number of nitrogens with zero attached hydrogens (tertiary/aromatic N) is 1. The Balaban J connectivity index is 1.11. The number of carboxylic acid groups (broad SMARTS) is 1. The molecule has 1 heterocycles. The molecule has 1 aliphatic carbocycles. The molecule has 2 aliphatic rings.